The number of hydrogen-bond acceptors (Lipinski definition) is 2. The normalized spacial score (nSPS) is 16.3. The highest BCUT2D eigenvalue weighted by Gasteiger charge is 2.23. The van der Waals surface area contributed by atoms with Gasteiger partial charge in [0.1, 0.15) is 0 Å². The van der Waals surface area contributed by atoms with Gasteiger partial charge in [0.15, 0.2) is 0 Å². The molecule has 1 aliphatic heterocycles. The third kappa shape index (κ3) is 1.91. The number of fused-ring (bicyclic) bond motifs is 1. The molecule has 1 aromatic carbocycles. The SMILES string of the molecule is CSc1ccc(C=C2Cn3cccc3C2=O)cc1. The standard InChI is InChI=1S/C15H13NOS/c1-18-13-6-4-11(5-7-13)9-12-10-16-8-2-3-14(16)15(12)17/h2-9H,10H2,1H3. The Bertz CT molecular complexity index is 622. The summed E-state index contributed by atoms with van der Waals surface area (Å²) in [6.45, 7) is 0.686. The van der Waals surface area contributed by atoms with Crippen LogP contribution < -0.4 is 0 Å². The minimum absolute atomic E-state index is 0.147. The van der Waals surface area contributed by atoms with E-state index in [1.54, 1.807) is 11.8 Å². The zero-order chi connectivity index (χ0) is 12.5. The van der Waals surface area contributed by atoms with E-state index in [1.807, 2.05) is 29.0 Å². The van der Waals surface area contributed by atoms with E-state index >= 15 is 0 Å². The number of hydrogen-bond donors (Lipinski definition) is 0. The average Bonchev–Trinajstić information content (AvgIpc) is 2.95. The van der Waals surface area contributed by atoms with E-state index in [0.717, 1.165) is 16.8 Å². The van der Waals surface area contributed by atoms with Gasteiger partial charge in [-0.2, -0.15) is 0 Å². The lowest BCUT2D eigenvalue weighted by molar-refractivity contribution is 0.103. The van der Waals surface area contributed by atoms with Crippen LogP contribution in [0.15, 0.2) is 53.1 Å². The summed E-state index contributed by atoms with van der Waals surface area (Å²) in [5, 5.41) is 0. The van der Waals surface area contributed by atoms with E-state index in [1.165, 1.54) is 4.90 Å². The number of Topliss-reactive ketones (excluding diaryl/α,β-unsaturated/α-hetero) is 1. The van der Waals surface area contributed by atoms with Crippen LogP contribution in [0.4, 0.5) is 0 Å². The van der Waals surface area contributed by atoms with Gasteiger partial charge in [0, 0.05) is 16.7 Å². The van der Waals surface area contributed by atoms with Gasteiger partial charge in [0.25, 0.3) is 0 Å². The van der Waals surface area contributed by atoms with Crippen LogP contribution in [0.3, 0.4) is 0 Å². The fourth-order valence-corrected chi connectivity index (χ4v) is 2.60. The number of carbonyl (C=O) groups is 1. The Morgan fingerprint density at radius 2 is 2.00 bits per heavy atom. The van der Waals surface area contributed by atoms with Crippen LogP contribution in [0.5, 0.6) is 0 Å². The number of allylic oxidation sites excluding steroid dienone is 1. The Morgan fingerprint density at radius 3 is 2.67 bits per heavy atom. The quantitative estimate of drug-likeness (QED) is 0.605. The van der Waals surface area contributed by atoms with Crippen LogP contribution in [0.25, 0.3) is 6.08 Å². The molecule has 1 aliphatic rings. The fourth-order valence-electron chi connectivity index (χ4n) is 2.19. The molecule has 0 fully saturated rings. The molecule has 2 heterocycles. The maximum Gasteiger partial charge on any atom is 0.207 e. The van der Waals surface area contributed by atoms with Crippen molar-refractivity contribution in [2.45, 2.75) is 11.4 Å². The first-order valence-electron chi connectivity index (χ1n) is 5.82. The molecule has 0 bridgehead atoms. The minimum atomic E-state index is 0.147. The summed E-state index contributed by atoms with van der Waals surface area (Å²) in [6, 6.07) is 12.1. The molecule has 0 N–H and O–H groups in total. The van der Waals surface area contributed by atoms with E-state index in [-0.39, 0.29) is 5.78 Å². The van der Waals surface area contributed by atoms with Crippen LogP contribution in [-0.4, -0.2) is 16.6 Å². The summed E-state index contributed by atoms with van der Waals surface area (Å²) in [4.78, 5) is 13.3. The second-order valence-corrected chi connectivity index (χ2v) is 5.17. The van der Waals surface area contributed by atoms with E-state index in [0.29, 0.717) is 6.54 Å². The van der Waals surface area contributed by atoms with Crippen LogP contribution in [0.1, 0.15) is 16.1 Å². The predicted molar refractivity (Wildman–Crippen MR) is 75.0 cm³/mol. The number of benzene rings is 1. The molecule has 18 heavy (non-hydrogen) atoms. The summed E-state index contributed by atoms with van der Waals surface area (Å²) in [7, 11) is 0. The molecule has 0 aliphatic carbocycles. The Morgan fingerprint density at radius 1 is 1.22 bits per heavy atom. The largest absolute Gasteiger partial charge is 0.340 e. The number of nitrogens with zero attached hydrogens (tertiary/aromatic N) is 1. The number of thioether (sulfide) groups is 1. The molecule has 2 aromatic rings. The topological polar surface area (TPSA) is 22.0 Å². The monoisotopic (exact) mass is 255 g/mol. The average molecular weight is 255 g/mol. The molecule has 0 amide bonds. The predicted octanol–water partition coefficient (Wildman–Crippen LogP) is 3.49. The van der Waals surface area contributed by atoms with Gasteiger partial charge in [0.2, 0.25) is 5.78 Å². The molecule has 0 spiro atoms. The molecule has 0 atom stereocenters. The second-order valence-electron chi connectivity index (χ2n) is 4.29. The molecule has 1 aromatic heterocycles. The molecule has 0 saturated carbocycles. The highest BCUT2D eigenvalue weighted by Crippen LogP contribution is 2.23. The summed E-state index contributed by atoms with van der Waals surface area (Å²) in [5.41, 5.74) is 2.74. The Labute approximate surface area is 110 Å². The van der Waals surface area contributed by atoms with Crippen molar-refractivity contribution in [1.29, 1.82) is 0 Å². The minimum Gasteiger partial charge on any atom is -0.340 e. The van der Waals surface area contributed by atoms with Crippen molar-refractivity contribution in [2.24, 2.45) is 0 Å². The molecule has 3 rings (SSSR count). The molecule has 3 heteroatoms. The van der Waals surface area contributed by atoms with Gasteiger partial charge >= 0.3 is 0 Å². The van der Waals surface area contributed by atoms with Gasteiger partial charge in [-0.15, -0.1) is 11.8 Å². The van der Waals surface area contributed by atoms with Crippen molar-refractivity contribution >= 4 is 23.6 Å². The zero-order valence-corrected chi connectivity index (χ0v) is 10.9. The van der Waals surface area contributed by atoms with Crippen molar-refractivity contribution in [3.8, 4) is 0 Å². The van der Waals surface area contributed by atoms with Crippen molar-refractivity contribution < 1.29 is 4.79 Å². The second kappa shape index (κ2) is 4.50. The molecule has 0 unspecified atom stereocenters. The van der Waals surface area contributed by atoms with E-state index < -0.39 is 0 Å². The van der Waals surface area contributed by atoms with Crippen LogP contribution in [-0.2, 0) is 6.54 Å². The lowest BCUT2D eigenvalue weighted by atomic mass is 10.1. The van der Waals surface area contributed by atoms with Crippen molar-refractivity contribution in [3.05, 3.63) is 59.4 Å². The highest BCUT2D eigenvalue weighted by atomic mass is 32.2. The summed E-state index contributed by atoms with van der Waals surface area (Å²) >= 11 is 1.72. The van der Waals surface area contributed by atoms with Gasteiger partial charge in [-0.3, -0.25) is 4.79 Å². The molecule has 0 saturated heterocycles. The smallest absolute Gasteiger partial charge is 0.207 e. The number of rotatable bonds is 2. The first-order valence-corrected chi connectivity index (χ1v) is 7.05. The Balaban J connectivity index is 1.89. The van der Waals surface area contributed by atoms with Gasteiger partial charge in [-0.25, -0.2) is 0 Å². The van der Waals surface area contributed by atoms with Gasteiger partial charge in [-0.05, 0) is 42.2 Å². The van der Waals surface area contributed by atoms with Crippen molar-refractivity contribution in [3.63, 3.8) is 0 Å². The molecular weight excluding hydrogens is 242 g/mol. The lowest BCUT2D eigenvalue weighted by Crippen LogP contribution is -1.94. The van der Waals surface area contributed by atoms with Crippen molar-refractivity contribution in [2.75, 3.05) is 6.26 Å². The molecule has 2 nitrogen and oxygen atoms in total. The summed E-state index contributed by atoms with van der Waals surface area (Å²) in [5.74, 6) is 0.147. The van der Waals surface area contributed by atoms with Crippen LogP contribution in [0, 0.1) is 0 Å². The lowest BCUT2D eigenvalue weighted by Gasteiger charge is -1.99. The Hall–Kier alpha value is -1.74. The third-order valence-electron chi connectivity index (χ3n) is 3.15. The highest BCUT2D eigenvalue weighted by molar-refractivity contribution is 7.98. The zero-order valence-electron chi connectivity index (χ0n) is 10.1. The van der Waals surface area contributed by atoms with Crippen molar-refractivity contribution in [1.82, 2.24) is 4.57 Å². The number of aromatic nitrogens is 1. The summed E-state index contributed by atoms with van der Waals surface area (Å²) < 4.78 is 1.99. The maximum absolute atomic E-state index is 12.1. The van der Waals surface area contributed by atoms with Gasteiger partial charge in [-0.1, -0.05) is 12.1 Å². The van der Waals surface area contributed by atoms with Crippen LogP contribution in [0.2, 0.25) is 0 Å². The Kier molecular flexibility index (Phi) is 2.84. The summed E-state index contributed by atoms with van der Waals surface area (Å²) in [6.07, 6.45) is 5.99. The van der Waals surface area contributed by atoms with E-state index in [2.05, 4.69) is 30.5 Å². The van der Waals surface area contributed by atoms with Gasteiger partial charge in [0.05, 0.1) is 12.2 Å². The van der Waals surface area contributed by atoms with E-state index in [9.17, 15) is 4.79 Å². The molecular formula is C15H13NOS. The van der Waals surface area contributed by atoms with Gasteiger partial charge < -0.3 is 4.57 Å². The first kappa shape index (κ1) is 11.4. The maximum atomic E-state index is 12.1. The fraction of sp³-hybridized carbons (Fsp3) is 0.133. The number of ketones is 1. The first-order chi connectivity index (χ1) is 8.78. The molecule has 90 valence electrons. The molecule has 0 radical (unpaired) electrons. The number of carbonyl (C=O) groups excluding carboxylic acids is 1. The van der Waals surface area contributed by atoms with E-state index in [4.69, 9.17) is 0 Å². The van der Waals surface area contributed by atoms with Crippen LogP contribution >= 0.6 is 11.8 Å². The third-order valence-corrected chi connectivity index (χ3v) is 3.89.